The van der Waals surface area contributed by atoms with Crippen molar-refractivity contribution in [2.45, 2.75) is 202 Å². The molecule has 0 bridgehead atoms. The van der Waals surface area contributed by atoms with Crippen LogP contribution < -0.4 is 11.5 Å². The molecular weight excluding hydrogens is 544 g/mol. The molecule has 2 nitrogen and oxygen atoms in total. The second kappa shape index (κ2) is 23.4. The lowest BCUT2D eigenvalue weighted by Crippen LogP contribution is -2.14. The van der Waals surface area contributed by atoms with Gasteiger partial charge in [-0.2, -0.15) is 0 Å². The lowest BCUT2D eigenvalue weighted by atomic mass is 9.81. The Morgan fingerprint density at radius 1 is 0.333 bits per heavy atom. The molecule has 0 spiro atoms. The van der Waals surface area contributed by atoms with Gasteiger partial charge in [0.1, 0.15) is 0 Å². The Hall–Kier alpha value is -1.96. The zero-order chi connectivity index (χ0) is 32.9. The normalized spacial score (nSPS) is 11.5. The monoisotopic (exact) mass is 619 g/mol. The van der Waals surface area contributed by atoms with E-state index in [9.17, 15) is 0 Å². The summed E-state index contributed by atoms with van der Waals surface area (Å²) in [5.41, 5.74) is 28.7. The minimum atomic E-state index is 0.908. The Balaban J connectivity index is 2.80. The summed E-state index contributed by atoms with van der Waals surface area (Å²) in [4.78, 5) is 0. The van der Waals surface area contributed by atoms with Crippen LogP contribution in [0.25, 0.3) is 0 Å². The molecule has 2 aromatic rings. The molecule has 0 amide bonds. The fourth-order valence-corrected chi connectivity index (χ4v) is 7.28. The molecule has 2 heteroatoms. The minimum Gasteiger partial charge on any atom is -0.398 e. The van der Waals surface area contributed by atoms with Crippen molar-refractivity contribution in [1.29, 1.82) is 0 Å². The summed E-state index contributed by atoms with van der Waals surface area (Å²) in [6.45, 7) is 13.9. The van der Waals surface area contributed by atoms with E-state index in [1.807, 2.05) is 0 Å². The van der Waals surface area contributed by atoms with Crippen LogP contribution in [0.2, 0.25) is 0 Å². The number of rotatable bonds is 26. The summed E-state index contributed by atoms with van der Waals surface area (Å²) < 4.78 is 0. The summed E-state index contributed by atoms with van der Waals surface area (Å²) in [6, 6.07) is 5.07. The molecule has 0 atom stereocenters. The molecule has 2 aromatic carbocycles. The number of aryl methyl sites for hydroxylation is 4. The van der Waals surface area contributed by atoms with Crippen LogP contribution in [-0.4, -0.2) is 0 Å². The summed E-state index contributed by atoms with van der Waals surface area (Å²) in [6.07, 6.45) is 30.5. The lowest BCUT2D eigenvalue weighted by molar-refractivity contribution is 0.682. The van der Waals surface area contributed by atoms with Crippen LogP contribution >= 0.6 is 0 Å². The smallest absolute Gasteiger partial charge is 0.0385 e. The highest BCUT2D eigenvalue weighted by Crippen LogP contribution is 2.37. The Morgan fingerprint density at radius 3 is 0.889 bits per heavy atom. The van der Waals surface area contributed by atoms with Gasteiger partial charge in [-0.05, 0) is 122 Å². The van der Waals surface area contributed by atoms with Gasteiger partial charge in [-0.25, -0.2) is 0 Å². The van der Waals surface area contributed by atoms with Crippen molar-refractivity contribution in [3.05, 3.63) is 56.6 Å². The molecule has 0 saturated carbocycles. The van der Waals surface area contributed by atoms with E-state index in [4.69, 9.17) is 11.5 Å². The molecule has 0 saturated heterocycles. The van der Waals surface area contributed by atoms with Gasteiger partial charge in [-0.15, -0.1) is 0 Å². The van der Waals surface area contributed by atoms with Crippen molar-refractivity contribution >= 4 is 11.4 Å². The maximum absolute atomic E-state index is 7.30. The maximum Gasteiger partial charge on any atom is 0.0385 e. The van der Waals surface area contributed by atoms with Crippen molar-refractivity contribution in [2.75, 3.05) is 11.5 Å². The van der Waals surface area contributed by atoms with Gasteiger partial charge >= 0.3 is 0 Å². The minimum absolute atomic E-state index is 0.908. The van der Waals surface area contributed by atoms with Crippen LogP contribution in [0.5, 0.6) is 0 Å². The zero-order valence-corrected chi connectivity index (χ0v) is 31.0. The number of anilines is 2. The van der Waals surface area contributed by atoms with E-state index in [2.05, 4.69) is 53.7 Å². The summed E-state index contributed by atoms with van der Waals surface area (Å²) in [5.74, 6) is 0. The number of benzene rings is 2. The molecule has 0 fully saturated rings. The van der Waals surface area contributed by atoms with E-state index < -0.39 is 0 Å². The van der Waals surface area contributed by atoms with Gasteiger partial charge in [0.25, 0.3) is 0 Å². The molecule has 2 rings (SSSR count). The second-order valence-corrected chi connectivity index (χ2v) is 14.1. The Kier molecular flexibility index (Phi) is 20.4. The average molecular weight is 619 g/mol. The Morgan fingerprint density at radius 2 is 0.600 bits per heavy atom. The van der Waals surface area contributed by atoms with Crippen LogP contribution in [0.4, 0.5) is 11.4 Å². The molecule has 0 radical (unpaired) electrons. The third-order valence-corrected chi connectivity index (χ3v) is 10.2. The second-order valence-electron chi connectivity index (χ2n) is 14.1. The highest BCUT2D eigenvalue weighted by molar-refractivity contribution is 5.66. The molecule has 0 unspecified atom stereocenters. The fraction of sp³-hybridized carbons (Fsp3) is 0.721. The maximum atomic E-state index is 7.30. The first kappa shape index (κ1) is 39.2. The molecule has 256 valence electrons. The molecule has 0 aliphatic carbocycles. The van der Waals surface area contributed by atoms with Gasteiger partial charge in [0.2, 0.25) is 0 Å². The standard InChI is InChI=1S/C43H74N2/c1-7-13-19-25-34-31-36(27-21-15-9-3)42(44)40(38(34)29-23-17-11-5)33-41-39(30-24-18-12-6)35(26-20-14-8-2)32-37(43(41)45)28-22-16-10-4/h31-32H,7-30,33,44-45H2,1-6H3. The van der Waals surface area contributed by atoms with Crippen molar-refractivity contribution < 1.29 is 0 Å². The van der Waals surface area contributed by atoms with E-state index in [1.165, 1.54) is 151 Å². The van der Waals surface area contributed by atoms with E-state index in [0.29, 0.717) is 0 Å². The van der Waals surface area contributed by atoms with Crippen molar-refractivity contribution in [3.63, 3.8) is 0 Å². The molecule has 0 aliphatic rings. The van der Waals surface area contributed by atoms with Gasteiger partial charge in [-0.1, -0.05) is 131 Å². The zero-order valence-electron chi connectivity index (χ0n) is 31.0. The summed E-state index contributed by atoms with van der Waals surface area (Å²) >= 11 is 0. The molecule has 0 aromatic heterocycles. The van der Waals surface area contributed by atoms with Crippen LogP contribution in [0.15, 0.2) is 12.1 Å². The molecular formula is C43H74N2. The third-order valence-electron chi connectivity index (χ3n) is 10.2. The van der Waals surface area contributed by atoms with E-state index in [0.717, 1.165) is 43.5 Å². The van der Waals surface area contributed by atoms with Crippen molar-refractivity contribution in [3.8, 4) is 0 Å². The van der Waals surface area contributed by atoms with Gasteiger partial charge in [0.05, 0.1) is 0 Å². The first-order valence-electron chi connectivity index (χ1n) is 19.8. The number of unbranched alkanes of at least 4 members (excludes halogenated alkanes) is 12. The van der Waals surface area contributed by atoms with E-state index in [-0.39, 0.29) is 0 Å². The predicted octanol–water partition coefficient (Wildman–Crippen LogP) is 12.8. The summed E-state index contributed by atoms with van der Waals surface area (Å²) in [7, 11) is 0. The van der Waals surface area contributed by atoms with Gasteiger partial charge in [-0.3, -0.25) is 0 Å². The van der Waals surface area contributed by atoms with Gasteiger partial charge in [0, 0.05) is 17.8 Å². The molecule has 4 N–H and O–H groups in total. The fourth-order valence-electron chi connectivity index (χ4n) is 7.28. The number of nitrogens with two attached hydrogens (primary N) is 2. The molecule has 0 heterocycles. The number of hydrogen-bond acceptors (Lipinski definition) is 2. The van der Waals surface area contributed by atoms with Crippen molar-refractivity contribution in [1.82, 2.24) is 0 Å². The Labute approximate surface area is 280 Å². The topological polar surface area (TPSA) is 52.0 Å². The van der Waals surface area contributed by atoms with Crippen LogP contribution in [-0.2, 0) is 44.9 Å². The van der Waals surface area contributed by atoms with Gasteiger partial charge < -0.3 is 11.5 Å². The number of nitrogen functional groups attached to an aromatic ring is 2. The lowest BCUT2D eigenvalue weighted by Gasteiger charge is -2.25. The third kappa shape index (κ3) is 13.0. The highest BCUT2D eigenvalue weighted by atomic mass is 14.6. The predicted molar refractivity (Wildman–Crippen MR) is 204 cm³/mol. The first-order valence-corrected chi connectivity index (χ1v) is 19.8. The van der Waals surface area contributed by atoms with E-state index >= 15 is 0 Å². The van der Waals surface area contributed by atoms with Crippen LogP contribution in [0.1, 0.15) is 202 Å². The summed E-state index contributed by atoms with van der Waals surface area (Å²) in [5, 5.41) is 0. The number of hydrogen-bond donors (Lipinski definition) is 2. The largest absolute Gasteiger partial charge is 0.398 e. The van der Waals surface area contributed by atoms with E-state index in [1.54, 1.807) is 22.3 Å². The average Bonchev–Trinajstić information content (AvgIpc) is 3.03. The molecule has 0 aliphatic heterocycles. The van der Waals surface area contributed by atoms with Gasteiger partial charge in [0.15, 0.2) is 0 Å². The Bertz CT molecular complexity index is 997. The van der Waals surface area contributed by atoms with Crippen LogP contribution in [0.3, 0.4) is 0 Å². The quantitative estimate of drug-likeness (QED) is 0.0814. The van der Waals surface area contributed by atoms with Crippen molar-refractivity contribution in [2.24, 2.45) is 0 Å². The molecule has 45 heavy (non-hydrogen) atoms. The first-order chi connectivity index (χ1) is 22.0. The SMILES string of the molecule is CCCCCc1cc(CCCCC)c(CCCCC)c(Cc2c(N)c(CCCCC)cc(CCCCC)c2CCCCC)c1N. The van der Waals surface area contributed by atoms with Crippen LogP contribution in [0, 0.1) is 0 Å². The highest BCUT2D eigenvalue weighted by Gasteiger charge is 2.22.